The summed E-state index contributed by atoms with van der Waals surface area (Å²) in [5.41, 5.74) is 1.50. The van der Waals surface area contributed by atoms with Crippen molar-refractivity contribution in [3.8, 4) is 11.8 Å². The fourth-order valence-electron chi connectivity index (χ4n) is 4.29. The molecule has 2 N–H and O–H groups in total. The zero-order chi connectivity index (χ0) is 18.8. The van der Waals surface area contributed by atoms with Crippen LogP contribution in [0.2, 0.25) is 0 Å². The first-order valence-corrected chi connectivity index (χ1v) is 9.86. The molecule has 144 valence electrons. The smallest absolute Gasteiger partial charge is 0.220 e. The van der Waals surface area contributed by atoms with E-state index in [-0.39, 0.29) is 11.8 Å². The third kappa shape index (κ3) is 3.66. The van der Waals surface area contributed by atoms with E-state index in [0.29, 0.717) is 36.2 Å². The highest BCUT2D eigenvalue weighted by Crippen LogP contribution is 2.38. The molecule has 6 nitrogen and oxygen atoms in total. The van der Waals surface area contributed by atoms with Gasteiger partial charge in [0.25, 0.3) is 0 Å². The number of allylic oxidation sites excluding steroid dienone is 2. The zero-order valence-corrected chi connectivity index (χ0v) is 15.8. The van der Waals surface area contributed by atoms with Crippen LogP contribution in [0, 0.1) is 5.92 Å². The molecule has 2 heterocycles. The van der Waals surface area contributed by atoms with Crippen molar-refractivity contribution in [2.24, 2.45) is 5.92 Å². The number of pyridine rings is 1. The quantitative estimate of drug-likeness (QED) is 0.759. The molecule has 1 atom stereocenters. The molecule has 1 saturated carbocycles. The Morgan fingerprint density at radius 3 is 2.89 bits per heavy atom. The first-order chi connectivity index (χ1) is 13.2. The van der Waals surface area contributed by atoms with Crippen LogP contribution in [-0.2, 0) is 11.3 Å². The average Bonchev–Trinajstić information content (AvgIpc) is 3.41. The Balaban J connectivity index is 1.53. The van der Waals surface area contributed by atoms with E-state index in [2.05, 4.69) is 22.5 Å². The van der Waals surface area contributed by atoms with Gasteiger partial charge in [-0.25, -0.2) is 4.98 Å². The standard InChI is InChI=1S/C21H27N3O3/c1-27-20-15(12-22-19(25)10-14-6-2-3-7-14)11-17-18(23-20)13-24(21(17)26)16-8-4-5-9-16/h2,6,11,13-14,16,26H,3-5,7-10,12H2,1H3,(H,22,25). The number of fused-ring (bicyclic) bond motifs is 1. The van der Waals surface area contributed by atoms with Gasteiger partial charge < -0.3 is 19.7 Å². The van der Waals surface area contributed by atoms with E-state index in [4.69, 9.17) is 4.74 Å². The van der Waals surface area contributed by atoms with Gasteiger partial charge >= 0.3 is 0 Å². The lowest BCUT2D eigenvalue weighted by Crippen LogP contribution is -2.24. The lowest BCUT2D eigenvalue weighted by Gasteiger charge is -2.12. The summed E-state index contributed by atoms with van der Waals surface area (Å²) in [7, 11) is 1.58. The summed E-state index contributed by atoms with van der Waals surface area (Å²) in [4.78, 5) is 16.8. The number of hydrogen-bond donors (Lipinski definition) is 2. The Morgan fingerprint density at radius 2 is 2.19 bits per heavy atom. The van der Waals surface area contributed by atoms with Crippen molar-refractivity contribution in [1.29, 1.82) is 0 Å². The van der Waals surface area contributed by atoms with Crippen LogP contribution in [0.1, 0.15) is 56.6 Å². The number of hydrogen-bond acceptors (Lipinski definition) is 4. The number of carbonyl (C=O) groups is 1. The van der Waals surface area contributed by atoms with Crippen molar-refractivity contribution in [2.45, 2.75) is 57.5 Å². The Bertz CT molecular complexity index is 865. The summed E-state index contributed by atoms with van der Waals surface area (Å²) in [6.07, 6.45) is 13.4. The molecule has 27 heavy (non-hydrogen) atoms. The lowest BCUT2D eigenvalue weighted by molar-refractivity contribution is -0.121. The van der Waals surface area contributed by atoms with Crippen LogP contribution in [0.15, 0.2) is 24.4 Å². The second-order valence-electron chi connectivity index (χ2n) is 7.63. The molecule has 6 heteroatoms. The van der Waals surface area contributed by atoms with Gasteiger partial charge in [-0.15, -0.1) is 0 Å². The van der Waals surface area contributed by atoms with Gasteiger partial charge in [-0.05, 0) is 37.7 Å². The first kappa shape index (κ1) is 17.9. The molecule has 0 radical (unpaired) electrons. The fraction of sp³-hybridized carbons (Fsp3) is 0.524. The largest absolute Gasteiger partial charge is 0.494 e. The Morgan fingerprint density at radius 1 is 1.37 bits per heavy atom. The minimum atomic E-state index is 0.0291. The molecule has 0 saturated heterocycles. The second kappa shape index (κ2) is 7.62. The van der Waals surface area contributed by atoms with E-state index in [9.17, 15) is 9.90 Å². The van der Waals surface area contributed by atoms with Crippen molar-refractivity contribution >= 4 is 16.8 Å². The monoisotopic (exact) mass is 369 g/mol. The van der Waals surface area contributed by atoms with E-state index >= 15 is 0 Å². The normalized spacial score (nSPS) is 19.8. The summed E-state index contributed by atoms with van der Waals surface area (Å²) < 4.78 is 7.37. The fourth-order valence-corrected chi connectivity index (χ4v) is 4.29. The SMILES string of the molecule is COc1nc2cn(C3CCCC3)c(O)c2cc1CNC(=O)CC1C=CCC1. The molecule has 4 rings (SSSR count). The van der Waals surface area contributed by atoms with Crippen LogP contribution in [0.3, 0.4) is 0 Å². The minimum absolute atomic E-state index is 0.0291. The van der Waals surface area contributed by atoms with Crippen molar-refractivity contribution in [3.63, 3.8) is 0 Å². The topological polar surface area (TPSA) is 76.4 Å². The molecule has 2 aromatic heterocycles. The maximum Gasteiger partial charge on any atom is 0.220 e. The summed E-state index contributed by atoms with van der Waals surface area (Å²) in [5.74, 6) is 1.13. The van der Waals surface area contributed by atoms with E-state index in [1.165, 1.54) is 12.8 Å². The molecule has 2 aromatic rings. The van der Waals surface area contributed by atoms with Crippen LogP contribution < -0.4 is 10.1 Å². The van der Waals surface area contributed by atoms with Gasteiger partial charge in [-0.3, -0.25) is 4.79 Å². The number of carbonyl (C=O) groups excluding carboxylic acids is 1. The van der Waals surface area contributed by atoms with E-state index in [1.807, 2.05) is 16.8 Å². The molecule has 0 spiro atoms. The number of amides is 1. The van der Waals surface area contributed by atoms with Crippen molar-refractivity contribution in [2.75, 3.05) is 7.11 Å². The molecular weight excluding hydrogens is 342 g/mol. The number of aromatic hydroxyl groups is 1. The zero-order valence-electron chi connectivity index (χ0n) is 15.8. The van der Waals surface area contributed by atoms with Crippen LogP contribution in [-0.4, -0.2) is 27.7 Å². The molecule has 2 aliphatic rings. The van der Waals surface area contributed by atoms with Gasteiger partial charge in [0.2, 0.25) is 17.7 Å². The van der Waals surface area contributed by atoms with Gasteiger partial charge in [0.05, 0.1) is 18.0 Å². The summed E-state index contributed by atoms with van der Waals surface area (Å²) in [5, 5.41) is 14.4. The number of nitrogens with zero attached hydrogens (tertiary/aromatic N) is 2. The first-order valence-electron chi connectivity index (χ1n) is 9.86. The highest BCUT2D eigenvalue weighted by molar-refractivity contribution is 5.86. The molecular formula is C21H27N3O3. The minimum Gasteiger partial charge on any atom is -0.494 e. The molecule has 1 unspecified atom stereocenters. The van der Waals surface area contributed by atoms with Gasteiger partial charge in [0.15, 0.2) is 0 Å². The highest BCUT2D eigenvalue weighted by Gasteiger charge is 2.22. The lowest BCUT2D eigenvalue weighted by atomic mass is 10.1. The molecule has 1 fully saturated rings. The van der Waals surface area contributed by atoms with Gasteiger partial charge in [0.1, 0.15) is 0 Å². The molecule has 2 aliphatic carbocycles. The average molecular weight is 369 g/mol. The molecule has 0 aliphatic heterocycles. The summed E-state index contributed by atoms with van der Waals surface area (Å²) >= 11 is 0. The molecule has 0 aromatic carbocycles. The van der Waals surface area contributed by atoms with Crippen molar-refractivity contribution in [3.05, 3.63) is 30.0 Å². The van der Waals surface area contributed by atoms with Gasteiger partial charge in [-0.1, -0.05) is 25.0 Å². The van der Waals surface area contributed by atoms with Gasteiger partial charge in [0, 0.05) is 30.8 Å². The molecule has 0 bridgehead atoms. The maximum atomic E-state index is 12.2. The Labute approximate surface area is 159 Å². The summed E-state index contributed by atoms with van der Waals surface area (Å²) in [6, 6.07) is 2.23. The highest BCUT2D eigenvalue weighted by atomic mass is 16.5. The number of nitrogens with one attached hydrogen (secondary N) is 1. The third-order valence-electron chi connectivity index (χ3n) is 5.79. The van der Waals surface area contributed by atoms with Gasteiger partial charge in [-0.2, -0.15) is 0 Å². The van der Waals surface area contributed by atoms with E-state index < -0.39 is 0 Å². The second-order valence-corrected chi connectivity index (χ2v) is 7.63. The predicted molar refractivity (Wildman–Crippen MR) is 104 cm³/mol. The van der Waals surface area contributed by atoms with Crippen LogP contribution in [0.5, 0.6) is 11.8 Å². The molecule has 1 amide bonds. The van der Waals surface area contributed by atoms with Crippen LogP contribution >= 0.6 is 0 Å². The Hall–Kier alpha value is -2.50. The van der Waals surface area contributed by atoms with E-state index in [0.717, 1.165) is 36.8 Å². The van der Waals surface area contributed by atoms with E-state index in [1.54, 1.807) is 7.11 Å². The Kier molecular flexibility index (Phi) is 5.05. The van der Waals surface area contributed by atoms with Crippen LogP contribution in [0.25, 0.3) is 10.9 Å². The predicted octanol–water partition coefficient (Wildman–Crippen LogP) is 3.84. The van der Waals surface area contributed by atoms with Crippen LogP contribution in [0.4, 0.5) is 0 Å². The number of rotatable bonds is 6. The maximum absolute atomic E-state index is 12.2. The summed E-state index contributed by atoms with van der Waals surface area (Å²) in [6.45, 7) is 0.343. The third-order valence-corrected chi connectivity index (χ3v) is 5.79. The number of aromatic nitrogens is 2. The van der Waals surface area contributed by atoms with Crippen molar-refractivity contribution in [1.82, 2.24) is 14.9 Å². The number of methoxy groups -OCH3 is 1. The van der Waals surface area contributed by atoms with Crippen molar-refractivity contribution < 1.29 is 14.6 Å². The number of ether oxygens (including phenoxy) is 1.